The number of hydrogen-bond donors (Lipinski definition) is 2. The summed E-state index contributed by atoms with van der Waals surface area (Å²) in [5, 5.41) is 6.57. The van der Waals surface area contributed by atoms with Gasteiger partial charge in [0.05, 0.1) is 11.4 Å². The van der Waals surface area contributed by atoms with Crippen molar-refractivity contribution in [1.82, 2.24) is 9.97 Å². The molecule has 2 fully saturated rings. The van der Waals surface area contributed by atoms with Crippen LogP contribution in [0.2, 0.25) is 0 Å². The van der Waals surface area contributed by atoms with Gasteiger partial charge < -0.3 is 10.6 Å². The monoisotopic (exact) mass is 438 g/mol. The first-order valence-electron chi connectivity index (χ1n) is 8.55. The maximum Gasteiger partial charge on any atom is 0.225 e. The zero-order chi connectivity index (χ0) is 16.5. The van der Waals surface area contributed by atoms with E-state index < -0.39 is 0 Å². The average molecular weight is 438 g/mol. The Morgan fingerprint density at radius 1 is 1.04 bits per heavy atom. The van der Waals surface area contributed by atoms with Gasteiger partial charge in [0.1, 0.15) is 11.6 Å². The molecule has 2 aliphatic rings. The maximum atomic E-state index is 14.1. The molecule has 0 spiro atoms. The van der Waals surface area contributed by atoms with E-state index in [9.17, 15) is 4.39 Å². The summed E-state index contributed by atoms with van der Waals surface area (Å²) < 4.78 is 15.0. The summed E-state index contributed by atoms with van der Waals surface area (Å²) >= 11 is 2.10. The molecule has 0 atom stereocenters. The van der Waals surface area contributed by atoms with Crippen LogP contribution in [0.25, 0.3) is 0 Å². The van der Waals surface area contributed by atoms with Gasteiger partial charge >= 0.3 is 0 Å². The Labute approximate surface area is 154 Å². The molecular weight excluding hydrogens is 418 g/mol. The molecule has 2 N–H and O–H groups in total. The lowest BCUT2D eigenvalue weighted by atomic mass is 10.2. The van der Waals surface area contributed by atoms with Gasteiger partial charge in [-0.25, -0.2) is 9.37 Å². The van der Waals surface area contributed by atoms with Crippen molar-refractivity contribution in [3.8, 4) is 0 Å². The molecule has 0 unspecified atom stereocenters. The fourth-order valence-electron chi connectivity index (χ4n) is 3.16. The predicted octanol–water partition coefficient (Wildman–Crippen LogP) is 5.20. The molecule has 1 aromatic heterocycles. The quantitative estimate of drug-likeness (QED) is 0.631. The lowest BCUT2D eigenvalue weighted by Crippen LogP contribution is -2.17. The summed E-state index contributed by atoms with van der Waals surface area (Å²) in [4.78, 5) is 9.24. The number of aromatic nitrogens is 2. The van der Waals surface area contributed by atoms with E-state index in [2.05, 4.69) is 43.2 Å². The molecule has 6 heteroatoms. The third kappa shape index (κ3) is 3.79. The molecule has 1 aromatic carbocycles. The summed E-state index contributed by atoms with van der Waals surface area (Å²) in [6.45, 7) is 0. The van der Waals surface area contributed by atoms with Crippen molar-refractivity contribution in [1.29, 1.82) is 0 Å². The fourth-order valence-corrected chi connectivity index (χ4v) is 3.62. The normalized spacial score (nSPS) is 17.9. The van der Waals surface area contributed by atoms with Crippen LogP contribution >= 0.6 is 22.6 Å². The Morgan fingerprint density at radius 3 is 2.54 bits per heavy atom. The van der Waals surface area contributed by atoms with E-state index >= 15 is 0 Å². The van der Waals surface area contributed by atoms with Crippen molar-refractivity contribution in [2.75, 3.05) is 10.6 Å². The van der Waals surface area contributed by atoms with Crippen LogP contribution in [0.4, 0.5) is 21.8 Å². The molecule has 1 heterocycles. The highest BCUT2D eigenvalue weighted by atomic mass is 127. The van der Waals surface area contributed by atoms with Gasteiger partial charge in [-0.15, -0.1) is 0 Å². The molecule has 0 bridgehead atoms. The van der Waals surface area contributed by atoms with Gasteiger partial charge in [0, 0.05) is 21.6 Å². The summed E-state index contributed by atoms with van der Waals surface area (Å²) in [5.41, 5.74) is 1.50. The van der Waals surface area contributed by atoms with Crippen LogP contribution in [0, 0.1) is 9.39 Å². The van der Waals surface area contributed by atoms with Crippen LogP contribution in [-0.2, 0) is 0 Å². The minimum atomic E-state index is -0.265. The largest absolute Gasteiger partial charge is 0.351 e. The van der Waals surface area contributed by atoms with Crippen molar-refractivity contribution < 1.29 is 4.39 Å². The number of anilines is 3. The first kappa shape index (κ1) is 16.1. The Morgan fingerprint density at radius 2 is 1.83 bits per heavy atom. The third-order valence-electron chi connectivity index (χ3n) is 4.62. The van der Waals surface area contributed by atoms with E-state index in [0.29, 0.717) is 29.4 Å². The summed E-state index contributed by atoms with van der Waals surface area (Å²) in [5.74, 6) is 1.59. The Balaban J connectivity index is 1.59. The molecule has 0 radical (unpaired) electrons. The first-order valence-corrected chi connectivity index (χ1v) is 9.63. The molecule has 2 saturated carbocycles. The van der Waals surface area contributed by atoms with Gasteiger partial charge in [-0.1, -0.05) is 12.8 Å². The molecule has 24 heavy (non-hydrogen) atoms. The van der Waals surface area contributed by atoms with E-state index in [0.717, 1.165) is 9.26 Å². The van der Waals surface area contributed by atoms with E-state index in [1.54, 1.807) is 6.07 Å². The summed E-state index contributed by atoms with van der Waals surface area (Å²) in [7, 11) is 0. The fraction of sp³-hybridized carbons (Fsp3) is 0.444. The number of hydrogen-bond acceptors (Lipinski definition) is 4. The van der Waals surface area contributed by atoms with E-state index in [4.69, 9.17) is 0 Å². The second-order valence-electron chi connectivity index (χ2n) is 6.65. The van der Waals surface area contributed by atoms with Crippen LogP contribution in [0.5, 0.6) is 0 Å². The highest BCUT2D eigenvalue weighted by molar-refractivity contribution is 14.1. The smallest absolute Gasteiger partial charge is 0.225 e. The number of halogens is 2. The highest BCUT2D eigenvalue weighted by Crippen LogP contribution is 2.40. The summed E-state index contributed by atoms with van der Waals surface area (Å²) in [6, 6.07) is 7.56. The van der Waals surface area contributed by atoms with Crippen molar-refractivity contribution >= 4 is 40.0 Å². The molecule has 0 aliphatic heterocycles. The topological polar surface area (TPSA) is 49.8 Å². The second-order valence-corrected chi connectivity index (χ2v) is 7.90. The number of nitrogens with one attached hydrogen (secondary N) is 2. The highest BCUT2D eigenvalue weighted by Gasteiger charge is 2.27. The molecule has 2 aromatic rings. The zero-order valence-corrected chi connectivity index (χ0v) is 15.5. The molecular formula is C18H20FIN4. The van der Waals surface area contributed by atoms with Gasteiger partial charge in [0.2, 0.25) is 5.95 Å². The summed E-state index contributed by atoms with van der Waals surface area (Å²) in [6.07, 6.45) is 7.23. The Hall–Kier alpha value is -1.44. The minimum absolute atomic E-state index is 0.265. The van der Waals surface area contributed by atoms with Gasteiger partial charge in [0.25, 0.3) is 0 Å². The van der Waals surface area contributed by atoms with Crippen LogP contribution in [0.15, 0.2) is 24.3 Å². The number of nitrogens with zero attached hydrogens (tertiary/aromatic N) is 2. The standard InChI is InChI=1S/C18H20FIN4/c19-14-9-12(20)7-8-15(14)22-17-10-16(11-5-6-11)23-18(24-17)21-13-3-1-2-4-13/h7-11,13H,1-6H2,(H2,21,22,23,24). The van der Waals surface area contributed by atoms with Gasteiger partial charge in [-0.3, -0.25) is 0 Å². The second kappa shape index (κ2) is 6.82. The van der Waals surface area contributed by atoms with Crippen molar-refractivity contribution in [2.45, 2.75) is 50.5 Å². The Bertz CT molecular complexity index is 742. The molecule has 126 valence electrons. The lowest BCUT2D eigenvalue weighted by Gasteiger charge is -2.15. The van der Waals surface area contributed by atoms with Gasteiger partial charge in [-0.05, 0) is 66.5 Å². The van der Waals surface area contributed by atoms with E-state index in [1.165, 1.54) is 44.6 Å². The van der Waals surface area contributed by atoms with Gasteiger partial charge in [-0.2, -0.15) is 4.98 Å². The first-order chi connectivity index (χ1) is 11.7. The van der Waals surface area contributed by atoms with Crippen LogP contribution < -0.4 is 10.6 Å². The molecule has 0 saturated heterocycles. The van der Waals surface area contributed by atoms with Crippen molar-refractivity contribution in [2.24, 2.45) is 0 Å². The third-order valence-corrected chi connectivity index (χ3v) is 5.29. The van der Waals surface area contributed by atoms with Crippen LogP contribution in [0.1, 0.15) is 50.1 Å². The number of rotatable bonds is 5. The SMILES string of the molecule is Fc1cc(I)ccc1Nc1cc(C2CC2)nc(NC2CCCC2)n1. The van der Waals surface area contributed by atoms with Crippen LogP contribution in [0.3, 0.4) is 0 Å². The van der Waals surface area contributed by atoms with E-state index in [-0.39, 0.29) is 5.82 Å². The minimum Gasteiger partial charge on any atom is -0.351 e. The molecule has 4 nitrogen and oxygen atoms in total. The van der Waals surface area contributed by atoms with Gasteiger partial charge in [0.15, 0.2) is 0 Å². The number of benzene rings is 1. The molecule has 0 amide bonds. The van der Waals surface area contributed by atoms with E-state index in [1.807, 2.05) is 12.1 Å². The zero-order valence-electron chi connectivity index (χ0n) is 13.4. The van der Waals surface area contributed by atoms with Crippen molar-refractivity contribution in [3.63, 3.8) is 0 Å². The lowest BCUT2D eigenvalue weighted by molar-refractivity contribution is 0.631. The predicted molar refractivity (Wildman–Crippen MR) is 102 cm³/mol. The Kier molecular flexibility index (Phi) is 4.56. The maximum absolute atomic E-state index is 14.1. The average Bonchev–Trinajstić information content (AvgIpc) is 3.29. The van der Waals surface area contributed by atoms with Crippen molar-refractivity contribution in [3.05, 3.63) is 39.3 Å². The van der Waals surface area contributed by atoms with Crippen LogP contribution in [-0.4, -0.2) is 16.0 Å². The molecule has 2 aliphatic carbocycles. The molecule has 4 rings (SSSR count).